The molecule has 2 aromatic rings. The number of aliphatic hydroxyl groups excluding tert-OH is 1. The van der Waals surface area contributed by atoms with E-state index >= 15 is 0 Å². The molecule has 2 aromatic carbocycles. The van der Waals surface area contributed by atoms with Crippen LogP contribution in [-0.2, 0) is 0 Å². The van der Waals surface area contributed by atoms with E-state index in [1.54, 1.807) is 30.3 Å². The van der Waals surface area contributed by atoms with Gasteiger partial charge in [0.1, 0.15) is 0 Å². The van der Waals surface area contributed by atoms with E-state index in [-0.39, 0.29) is 12.5 Å². The van der Waals surface area contributed by atoms with Crippen molar-refractivity contribution in [2.24, 2.45) is 0 Å². The van der Waals surface area contributed by atoms with Crippen LogP contribution < -0.4 is 11.1 Å². The number of carbonyl (C=O) groups excluding carboxylic acids is 1. The fourth-order valence-electron chi connectivity index (χ4n) is 2.19. The first-order chi connectivity index (χ1) is 9.97. The number of carbonyl (C=O) groups is 1. The Balaban J connectivity index is 1.99. The van der Waals surface area contributed by atoms with Crippen LogP contribution in [0.15, 0.2) is 42.5 Å². The highest BCUT2D eigenvalue weighted by atomic mass is 16.3. The molecular formula is C17H20N2O2. The molecular weight excluding hydrogens is 264 g/mol. The molecule has 2 rings (SSSR count). The molecule has 0 radical (unpaired) electrons. The summed E-state index contributed by atoms with van der Waals surface area (Å²) in [4.78, 5) is 12.1. The molecule has 0 aromatic heterocycles. The maximum Gasteiger partial charge on any atom is 0.251 e. The fourth-order valence-corrected chi connectivity index (χ4v) is 2.19. The lowest BCUT2D eigenvalue weighted by Gasteiger charge is -2.13. The number of nitrogens with one attached hydrogen (secondary N) is 1. The first kappa shape index (κ1) is 15.1. The molecule has 1 amide bonds. The number of aliphatic hydroxyl groups is 1. The second kappa shape index (κ2) is 6.41. The molecule has 4 N–H and O–H groups in total. The monoisotopic (exact) mass is 284 g/mol. The number of nitrogen functional groups attached to an aromatic ring is 1. The van der Waals surface area contributed by atoms with Crippen LogP contribution in [-0.4, -0.2) is 17.6 Å². The van der Waals surface area contributed by atoms with Gasteiger partial charge in [-0.15, -0.1) is 0 Å². The van der Waals surface area contributed by atoms with Crippen molar-refractivity contribution >= 4 is 11.6 Å². The second-order valence-corrected chi connectivity index (χ2v) is 5.21. The van der Waals surface area contributed by atoms with Gasteiger partial charge in [0.25, 0.3) is 5.91 Å². The summed E-state index contributed by atoms with van der Waals surface area (Å²) in [5.41, 5.74) is 9.64. The Bertz CT molecular complexity index is 636. The third-order valence-corrected chi connectivity index (χ3v) is 3.40. The van der Waals surface area contributed by atoms with Gasteiger partial charge in [0.15, 0.2) is 0 Å². The molecule has 0 aliphatic rings. The Kier molecular flexibility index (Phi) is 4.60. The first-order valence-electron chi connectivity index (χ1n) is 6.86. The van der Waals surface area contributed by atoms with Crippen LogP contribution in [0.2, 0.25) is 0 Å². The summed E-state index contributed by atoms with van der Waals surface area (Å²) in [6.07, 6.45) is -0.750. The quantitative estimate of drug-likeness (QED) is 0.754. The van der Waals surface area contributed by atoms with Crippen molar-refractivity contribution < 1.29 is 9.90 Å². The van der Waals surface area contributed by atoms with Crippen LogP contribution in [0.25, 0.3) is 0 Å². The van der Waals surface area contributed by atoms with Crippen molar-refractivity contribution in [2.45, 2.75) is 20.0 Å². The van der Waals surface area contributed by atoms with E-state index in [2.05, 4.69) is 5.32 Å². The Morgan fingerprint density at radius 2 is 1.86 bits per heavy atom. The van der Waals surface area contributed by atoms with E-state index < -0.39 is 6.10 Å². The summed E-state index contributed by atoms with van der Waals surface area (Å²) >= 11 is 0. The highest BCUT2D eigenvalue weighted by Crippen LogP contribution is 2.15. The highest BCUT2D eigenvalue weighted by molar-refractivity contribution is 5.95. The number of anilines is 1. The predicted molar refractivity (Wildman–Crippen MR) is 84.1 cm³/mol. The first-order valence-corrected chi connectivity index (χ1v) is 6.86. The Labute approximate surface area is 124 Å². The van der Waals surface area contributed by atoms with Crippen LogP contribution >= 0.6 is 0 Å². The van der Waals surface area contributed by atoms with Gasteiger partial charge in [0.05, 0.1) is 6.10 Å². The van der Waals surface area contributed by atoms with E-state index in [0.717, 1.165) is 16.7 Å². The van der Waals surface area contributed by atoms with Crippen molar-refractivity contribution in [3.05, 3.63) is 64.7 Å². The minimum Gasteiger partial charge on any atom is -0.399 e. The molecule has 21 heavy (non-hydrogen) atoms. The van der Waals surface area contributed by atoms with Crippen LogP contribution in [0.4, 0.5) is 5.69 Å². The smallest absolute Gasteiger partial charge is 0.251 e. The number of hydrogen-bond donors (Lipinski definition) is 3. The highest BCUT2D eigenvalue weighted by Gasteiger charge is 2.12. The van der Waals surface area contributed by atoms with E-state index in [1.165, 1.54) is 0 Å². The van der Waals surface area contributed by atoms with Crippen molar-refractivity contribution in [1.29, 1.82) is 0 Å². The van der Waals surface area contributed by atoms with Gasteiger partial charge in [0.2, 0.25) is 0 Å². The van der Waals surface area contributed by atoms with E-state index in [4.69, 9.17) is 5.73 Å². The van der Waals surface area contributed by atoms with Gasteiger partial charge >= 0.3 is 0 Å². The standard InChI is InChI=1S/C17H20N2O2/c1-11-3-8-15(12(2)9-11)17(21)19-10-16(20)13-4-6-14(18)7-5-13/h3-9,16,20H,10,18H2,1-2H3,(H,19,21). The van der Waals surface area contributed by atoms with Gasteiger partial charge in [-0.05, 0) is 43.2 Å². The van der Waals surface area contributed by atoms with Crippen LogP contribution in [0.3, 0.4) is 0 Å². The lowest BCUT2D eigenvalue weighted by molar-refractivity contribution is 0.0915. The molecule has 0 saturated carbocycles. The number of aryl methyl sites for hydroxylation is 2. The molecule has 1 unspecified atom stereocenters. The average molecular weight is 284 g/mol. The lowest BCUT2D eigenvalue weighted by Crippen LogP contribution is -2.28. The van der Waals surface area contributed by atoms with Gasteiger partial charge < -0.3 is 16.2 Å². The van der Waals surface area contributed by atoms with Crippen LogP contribution in [0, 0.1) is 13.8 Å². The van der Waals surface area contributed by atoms with Crippen LogP contribution in [0.1, 0.15) is 33.2 Å². The molecule has 0 aliphatic heterocycles. The summed E-state index contributed by atoms with van der Waals surface area (Å²) in [5, 5.41) is 12.8. The summed E-state index contributed by atoms with van der Waals surface area (Å²) in [6, 6.07) is 12.6. The summed E-state index contributed by atoms with van der Waals surface area (Å²) < 4.78 is 0. The minimum atomic E-state index is -0.750. The minimum absolute atomic E-state index is 0.163. The number of nitrogens with two attached hydrogens (primary N) is 1. The average Bonchev–Trinajstić information content (AvgIpc) is 2.45. The maximum absolute atomic E-state index is 12.1. The normalized spacial score (nSPS) is 12.0. The zero-order valence-corrected chi connectivity index (χ0v) is 12.3. The number of amides is 1. The molecule has 0 bridgehead atoms. The maximum atomic E-state index is 12.1. The number of benzene rings is 2. The number of rotatable bonds is 4. The molecule has 1 atom stereocenters. The van der Waals surface area contributed by atoms with Gasteiger partial charge in [0, 0.05) is 17.8 Å². The third kappa shape index (κ3) is 3.83. The van der Waals surface area contributed by atoms with E-state index in [0.29, 0.717) is 11.3 Å². The molecule has 110 valence electrons. The van der Waals surface area contributed by atoms with Crippen molar-refractivity contribution in [3.8, 4) is 0 Å². The second-order valence-electron chi connectivity index (χ2n) is 5.21. The topological polar surface area (TPSA) is 75.3 Å². The largest absolute Gasteiger partial charge is 0.399 e. The molecule has 0 fully saturated rings. The molecule has 0 spiro atoms. The summed E-state index contributed by atoms with van der Waals surface area (Å²) in [7, 11) is 0. The van der Waals surface area contributed by atoms with Crippen molar-refractivity contribution in [3.63, 3.8) is 0 Å². The van der Waals surface area contributed by atoms with Crippen LogP contribution in [0.5, 0.6) is 0 Å². The zero-order valence-electron chi connectivity index (χ0n) is 12.3. The van der Waals surface area contributed by atoms with Gasteiger partial charge in [-0.1, -0.05) is 29.8 Å². The molecule has 4 nitrogen and oxygen atoms in total. The van der Waals surface area contributed by atoms with Gasteiger partial charge in [-0.2, -0.15) is 0 Å². The predicted octanol–water partition coefficient (Wildman–Crippen LogP) is 2.35. The molecule has 0 aliphatic carbocycles. The van der Waals surface area contributed by atoms with Crippen molar-refractivity contribution in [2.75, 3.05) is 12.3 Å². The molecule has 0 heterocycles. The SMILES string of the molecule is Cc1ccc(C(=O)NCC(O)c2ccc(N)cc2)c(C)c1. The Hall–Kier alpha value is -2.33. The zero-order chi connectivity index (χ0) is 15.4. The van der Waals surface area contributed by atoms with Crippen molar-refractivity contribution in [1.82, 2.24) is 5.32 Å². The fraction of sp³-hybridized carbons (Fsp3) is 0.235. The lowest BCUT2D eigenvalue weighted by atomic mass is 10.0. The Morgan fingerprint density at radius 1 is 1.19 bits per heavy atom. The molecule has 4 heteroatoms. The van der Waals surface area contributed by atoms with E-state index in [1.807, 2.05) is 26.0 Å². The summed E-state index contributed by atoms with van der Waals surface area (Å²) in [6.45, 7) is 4.05. The molecule has 0 saturated heterocycles. The van der Waals surface area contributed by atoms with Gasteiger partial charge in [-0.3, -0.25) is 4.79 Å². The Morgan fingerprint density at radius 3 is 2.48 bits per heavy atom. The number of hydrogen-bond acceptors (Lipinski definition) is 3. The van der Waals surface area contributed by atoms with E-state index in [9.17, 15) is 9.90 Å². The van der Waals surface area contributed by atoms with Gasteiger partial charge in [-0.25, -0.2) is 0 Å². The summed E-state index contributed by atoms with van der Waals surface area (Å²) in [5.74, 6) is -0.179. The third-order valence-electron chi connectivity index (χ3n) is 3.40.